The lowest BCUT2D eigenvalue weighted by Gasteiger charge is -2.11. The van der Waals surface area contributed by atoms with Crippen LogP contribution >= 0.6 is 11.8 Å². The van der Waals surface area contributed by atoms with Crippen molar-refractivity contribution in [2.45, 2.75) is 11.8 Å². The van der Waals surface area contributed by atoms with E-state index in [2.05, 4.69) is 22.9 Å². The van der Waals surface area contributed by atoms with E-state index in [-0.39, 0.29) is 17.7 Å². The molecule has 0 fully saturated rings. The summed E-state index contributed by atoms with van der Waals surface area (Å²) in [5, 5.41) is 8.16. The second kappa shape index (κ2) is 8.89. The molecule has 0 spiro atoms. The Morgan fingerprint density at radius 2 is 1.87 bits per heavy atom. The molecule has 6 nitrogen and oxygen atoms in total. The largest absolute Gasteiger partial charge is 0.459 e. The molecule has 3 N–H and O–H groups in total. The molecule has 1 aromatic heterocycles. The van der Waals surface area contributed by atoms with E-state index >= 15 is 0 Å². The molecular formula is C16H19N3O3S. The van der Waals surface area contributed by atoms with Crippen LogP contribution in [0.25, 0.3) is 0 Å². The van der Waals surface area contributed by atoms with E-state index in [4.69, 9.17) is 4.42 Å². The number of carbonyl (C=O) groups excluding carboxylic acids is 2. The zero-order chi connectivity index (χ0) is 16.5. The molecule has 7 heteroatoms. The van der Waals surface area contributed by atoms with Gasteiger partial charge in [0.05, 0.1) is 12.0 Å². The second-order valence-electron chi connectivity index (χ2n) is 4.54. The Labute approximate surface area is 139 Å². The summed E-state index contributed by atoms with van der Waals surface area (Å²) in [7, 11) is 0. The Hall–Kier alpha value is -2.41. The van der Waals surface area contributed by atoms with Crippen LogP contribution in [0, 0.1) is 0 Å². The molecule has 0 aliphatic carbocycles. The number of thioether (sulfide) groups is 1. The first-order chi connectivity index (χ1) is 11.2. The van der Waals surface area contributed by atoms with E-state index in [1.807, 2.05) is 24.3 Å². The molecule has 23 heavy (non-hydrogen) atoms. The normalized spacial score (nSPS) is 10.1. The van der Waals surface area contributed by atoms with Crippen molar-refractivity contribution < 1.29 is 14.0 Å². The third-order valence-electron chi connectivity index (χ3n) is 2.88. The zero-order valence-corrected chi connectivity index (χ0v) is 13.6. The number of hydrogen-bond acceptors (Lipinski definition) is 4. The predicted molar refractivity (Wildman–Crippen MR) is 90.9 cm³/mol. The number of amides is 3. The molecular weight excluding hydrogens is 314 g/mol. The molecule has 1 aromatic carbocycles. The zero-order valence-electron chi connectivity index (χ0n) is 12.8. The SMILES string of the molecule is CCSc1ccccc1NC(=O)NCCNC(=O)c1ccco1. The average molecular weight is 333 g/mol. The van der Waals surface area contributed by atoms with Gasteiger partial charge < -0.3 is 20.4 Å². The van der Waals surface area contributed by atoms with Crippen LogP contribution in [0.15, 0.2) is 52.0 Å². The third kappa shape index (κ3) is 5.37. The van der Waals surface area contributed by atoms with E-state index in [0.29, 0.717) is 13.1 Å². The van der Waals surface area contributed by atoms with Gasteiger partial charge in [-0.05, 0) is 30.0 Å². The van der Waals surface area contributed by atoms with Crippen LogP contribution < -0.4 is 16.0 Å². The van der Waals surface area contributed by atoms with Gasteiger partial charge in [-0.1, -0.05) is 19.1 Å². The van der Waals surface area contributed by atoms with Crippen molar-refractivity contribution in [1.82, 2.24) is 10.6 Å². The van der Waals surface area contributed by atoms with Crippen molar-refractivity contribution >= 4 is 29.4 Å². The van der Waals surface area contributed by atoms with Gasteiger partial charge in [0.1, 0.15) is 0 Å². The molecule has 0 atom stereocenters. The van der Waals surface area contributed by atoms with Gasteiger partial charge >= 0.3 is 6.03 Å². The Kier molecular flexibility index (Phi) is 6.56. The first-order valence-electron chi connectivity index (χ1n) is 7.29. The van der Waals surface area contributed by atoms with Gasteiger partial charge in [0.15, 0.2) is 5.76 Å². The van der Waals surface area contributed by atoms with Gasteiger partial charge in [0, 0.05) is 18.0 Å². The molecule has 0 radical (unpaired) electrons. The maximum Gasteiger partial charge on any atom is 0.319 e. The lowest BCUT2D eigenvalue weighted by atomic mass is 10.3. The predicted octanol–water partition coefficient (Wildman–Crippen LogP) is 2.94. The van der Waals surface area contributed by atoms with Crippen LogP contribution in [0.4, 0.5) is 10.5 Å². The summed E-state index contributed by atoms with van der Waals surface area (Å²) in [5.41, 5.74) is 0.775. The van der Waals surface area contributed by atoms with E-state index in [1.165, 1.54) is 6.26 Å². The van der Waals surface area contributed by atoms with Crippen molar-refractivity contribution in [2.75, 3.05) is 24.2 Å². The van der Waals surface area contributed by atoms with E-state index in [9.17, 15) is 9.59 Å². The Bertz CT molecular complexity index is 644. The highest BCUT2D eigenvalue weighted by Crippen LogP contribution is 2.26. The minimum Gasteiger partial charge on any atom is -0.459 e. The molecule has 122 valence electrons. The van der Waals surface area contributed by atoms with Gasteiger partial charge in [-0.25, -0.2) is 4.79 Å². The van der Waals surface area contributed by atoms with Crippen LogP contribution in [0.3, 0.4) is 0 Å². The molecule has 0 aliphatic rings. The highest BCUT2D eigenvalue weighted by atomic mass is 32.2. The lowest BCUT2D eigenvalue weighted by molar-refractivity contribution is 0.0926. The average Bonchev–Trinajstić information content (AvgIpc) is 3.08. The fourth-order valence-electron chi connectivity index (χ4n) is 1.86. The lowest BCUT2D eigenvalue weighted by Crippen LogP contribution is -2.36. The van der Waals surface area contributed by atoms with Crippen molar-refractivity contribution in [3.63, 3.8) is 0 Å². The number of anilines is 1. The number of benzene rings is 1. The van der Waals surface area contributed by atoms with Crippen molar-refractivity contribution in [1.29, 1.82) is 0 Å². The number of para-hydroxylation sites is 1. The van der Waals surface area contributed by atoms with Crippen LogP contribution in [-0.4, -0.2) is 30.8 Å². The topological polar surface area (TPSA) is 83.4 Å². The van der Waals surface area contributed by atoms with E-state index in [0.717, 1.165) is 16.3 Å². The van der Waals surface area contributed by atoms with Crippen molar-refractivity contribution in [3.05, 3.63) is 48.4 Å². The molecule has 0 aliphatic heterocycles. The summed E-state index contributed by atoms with van der Waals surface area (Å²) in [4.78, 5) is 24.5. The Morgan fingerprint density at radius 1 is 1.09 bits per heavy atom. The number of furan rings is 1. The van der Waals surface area contributed by atoms with Crippen LogP contribution in [0.1, 0.15) is 17.5 Å². The van der Waals surface area contributed by atoms with E-state index in [1.54, 1.807) is 23.9 Å². The number of rotatable bonds is 7. The summed E-state index contributed by atoms with van der Waals surface area (Å²) in [5.74, 6) is 0.876. The summed E-state index contributed by atoms with van der Waals surface area (Å²) in [6.45, 7) is 2.70. The smallest absolute Gasteiger partial charge is 0.319 e. The molecule has 0 bridgehead atoms. The summed E-state index contributed by atoms with van der Waals surface area (Å²) < 4.78 is 4.97. The van der Waals surface area contributed by atoms with Crippen LogP contribution in [0.2, 0.25) is 0 Å². The van der Waals surface area contributed by atoms with Gasteiger partial charge in [0.2, 0.25) is 0 Å². The number of carbonyl (C=O) groups is 2. The standard InChI is InChI=1S/C16H19N3O3S/c1-2-23-14-8-4-3-6-12(14)19-16(21)18-10-9-17-15(20)13-7-5-11-22-13/h3-8,11H,2,9-10H2,1H3,(H,17,20)(H2,18,19,21). The highest BCUT2D eigenvalue weighted by molar-refractivity contribution is 7.99. The van der Waals surface area contributed by atoms with Crippen LogP contribution in [-0.2, 0) is 0 Å². The minimum absolute atomic E-state index is 0.250. The summed E-state index contributed by atoms with van der Waals surface area (Å²) in [6.07, 6.45) is 1.44. The monoisotopic (exact) mass is 333 g/mol. The van der Waals surface area contributed by atoms with E-state index < -0.39 is 0 Å². The van der Waals surface area contributed by atoms with Gasteiger partial charge in [0.25, 0.3) is 5.91 Å². The van der Waals surface area contributed by atoms with Crippen molar-refractivity contribution in [3.8, 4) is 0 Å². The minimum atomic E-state index is -0.304. The third-order valence-corrected chi connectivity index (χ3v) is 3.83. The van der Waals surface area contributed by atoms with Crippen LogP contribution in [0.5, 0.6) is 0 Å². The second-order valence-corrected chi connectivity index (χ2v) is 5.85. The maximum absolute atomic E-state index is 11.9. The Balaban J connectivity index is 1.72. The fraction of sp³-hybridized carbons (Fsp3) is 0.250. The molecule has 1 heterocycles. The van der Waals surface area contributed by atoms with Gasteiger partial charge in [-0.2, -0.15) is 0 Å². The molecule has 0 unspecified atom stereocenters. The first kappa shape index (κ1) is 17.0. The molecule has 0 saturated carbocycles. The number of nitrogens with one attached hydrogen (secondary N) is 3. The molecule has 2 aromatic rings. The fourth-order valence-corrected chi connectivity index (χ4v) is 2.63. The van der Waals surface area contributed by atoms with Crippen molar-refractivity contribution in [2.24, 2.45) is 0 Å². The highest BCUT2D eigenvalue weighted by Gasteiger charge is 2.08. The van der Waals surface area contributed by atoms with Gasteiger partial charge in [-0.3, -0.25) is 4.79 Å². The summed E-state index contributed by atoms with van der Waals surface area (Å²) >= 11 is 1.66. The quantitative estimate of drug-likeness (QED) is 0.537. The maximum atomic E-state index is 11.9. The van der Waals surface area contributed by atoms with Gasteiger partial charge in [-0.15, -0.1) is 11.8 Å². The molecule has 2 rings (SSSR count). The number of hydrogen-bond donors (Lipinski definition) is 3. The Morgan fingerprint density at radius 3 is 2.61 bits per heavy atom. The molecule has 0 saturated heterocycles. The summed E-state index contributed by atoms with van der Waals surface area (Å²) in [6, 6.07) is 10.6. The molecule has 3 amide bonds. The number of urea groups is 1. The first-order valence-corrected chi connectivity index (χ1v) is 8.27.